The molecule has 9 nitrogen and oxygen atoms in total. The number of amides is 2. The van der Waals surface area contributed by atoms with E-state index in [1.807, 2.05) is 0 Å². The van der Waals surface area contributed by atoms with Crippen LogP contribution in [0.1, 0.15) is 18.9 Å². The van der Waals surface area contributed by atoms with Gasteiger partial charge in [0, 0.05) is 31.0 Å². The minimum absolute atomic E-state index is 0.101. The quantitative estimate of drug-likeness (QED) is 0.432. The smallest absolute Gasteiger partial charge is 0.294 e. The normalized spacial score (nSPS) is 16.1. The van der Waals surface area contributed by atoms with E-state index < -0.39 is 10.8 Å². The first-order valence-electron chi connectivity index (χ1n) is 8.95. The van der Waals surface area contributed by atoms with Crippen LogP contribution in [-0.2, 0) is 16.1 Å². The van der Waals surface area contributed by atoms with Gasteiger partial charge in [0.05, 0.1) is 24.8 Å². The van der Waals surface area contributed by atoms with Gasteiger partial charge < -0.3 is 14.8 Å². The number of nitrogens with zero attached hydrogens (tertiary/aromatic N) is 2. The summed E-state index contributed by atoms with van der Waals surface area (Å²) in [5, 5.41) is 14.6. The highest BCUT2D eigenvalue weighted by molar-refractivity contribution is 6.21. The molecule has 0 saturated carbocycles. The van der Waals surface area contributed by atoms with Gasteiger partial charge in [0.25, 0.3) is 5.69 Å². The van der Waals surface area contributed by atoms with Crippen LogP contribution in [-0.4, -0.2) is 31.0 Å². The van der Waals surface area contributed by atoms with Crippen LogP contribution in [0, 0.1) is 16.0 Å². The largest absolute Gasteiger partial charge is 0.497 e. The molecule has 2 amide bonds. The summed E-state index contributed by atoms with van der Waals surface area (Å²) in [5.74, 6) is 0.0641. The maximum absolute atomic E-state index is 12.2. The van der Waals surface area contributed by atoms with E-state index in [0.29, 0.717) is 11.5 Å². The van der Waals surface area contributed by atoms with Crippen LogP contribution in [0.2, 0.25) is 0 Å². The zero-order valence-corrected chi connectivity index (χ0v) is 16.3. The van der Waals surface area contributed by atoms with Crippen LogP contribution in [0.15, 0.2) is 36.4 Å². The Morgan fingerprint density at radius 3 is 2.31 bits per heavy atom. The SMILES string of the molecule is COc1cc(CNc2ccc(N3C(=O)C[C@@H](C)C3=O)cc2[N+](=O)[O-])cc(OC)c1. The molecule has 1 fully saturated rings. The molecule has 2 aromatic rings. The third-order valence-electron chi connectivity index (χ3n) is 4.70. The van der Waals surface area contributed by atoms with Crippen molar-refractivity contribution in [1.29, 1.82) is 0 Å². The average molecular weight is 399 g/mol. The molecule has 1 aliphatic rings. The summed E-state index contributed by atoms with van der Waals surface area (Å²) in [4.78, 5) is 36.3. The van der Waals surface area contributed by atoms with Gasteiger partial charge in [-0.15, -0.1) is 0 Å². The Morgan fingerprint density at radius 1 is 1.14 bits per heavy atom. The number of hydrogen-bond acceptors (Lipinski definition) is 7. The van der Waals surface area contributed by atoms with Crippen molar-refractivity contribution in [1.82, 2.24) is 0 Å². The van der Waals surface area contributed by atoms with Gasteiger partial charge in [-0.3, -0.25) is 24.6 Å². The summed E-state index contributed by atoms with van der Waals surface area (Å²) in [6, 6.07) is 9.56. The van der Waals surface area contributed by atoms with Gasteiger partial charge in [-0.2, -0.15) is 0 Å². The van der Waals surface area contributed by atoms with Gasteiger partial charge >= 0.3 is 0 Å². The maximum atomic E-state index is 12.2. The van der Waals surface area contributed by atoms with Crippen molar-refractivity contribution in [3.8, 4) is 11.5 Å². The Kier molecular flexibility index (Phi) is 5.67. The van der Waals surface area contributed by atoms with Crippen LogP contribution >= 0.6 is 0 Å². The average Bonchev–Trinajstić information content (AvgIpc) is 2.97. The molecule has 0 bridgehead atoms. The summed E-state index contributed by atoms with van der Waals surface area (Å²) < 4.78 is 10.5. The number of ether oxygens (including phenoxy) is 2. The number of carbonyl (C=O) groups is 2. The van der Waals surface area contributed by atoms with Gasteiger partial charge in [0.1, 0.15) is 17.2 Å². The molecule has 0 aliphatic carbocycles. The second kappa shape index (κ2) is 8.17. The van der Waals surface area contributed by atoms with Crippen molar-refractivity contribution < 1.29 is 24.0 Å². The molecule has 1 saturated heterocycles. The standard InChI is InChI=1S/C20H21N3O6/c1-12-6-19(24)22(20(12)25)14-4-5-17(18(9-14)23(26)27)21-11-13-7-15(28-2)10-16(8-13)29-3/h4-5,7-10,12,21H,6,11H2,1-3H3/t12-/m1/s1. The molecule has 29 heavy (non-hydrogen) atoms. The van der Waals surface area contributed by atoms with E-state index in [0.717, 1.165) is 10.5 Å². The lowest BCUT2D eigenvalue weighted by atomic mass is 10.1. The lowest BCUT2D eigenvalue weighted by molar-refractivity contribution is -0.383. The summed E-state index contributed by atoms with van der Waals surface area (Å²) in [6.45, 7) is 1.94. The third-order valence-corrected chi connectivity index (χ3v) is 4.70. The number of nitro benzene ring substituents is 1. The van der Waals surface area contributed by atoms with E-state index in [9.17, 15) is 19.7 Å². The van der Waals surface area contributed by atoms with Crippen molar-refractivity contribution in [3.63, 3.8) is 0 Å². The van der Waals surface area contributed by atoms with Crippen LogP contribution in [0.5, 0.6) is 11.5 Å². The summed E-state index contributed by atoms with van der Waals surface area (Å²) in [6.07, 6.45) is 0.101. The van der Waals surface area contributed by atoms with Crippen molar-refractivity contribution in [2.24, 2.45) is 5.92 Å². The lowest BCUT2D eigenvalue weighted by Gasteiger charge is -2.16. The van der Waals surface area contributed by atoms with Gasteiger partial charge in [-0.05, 0) is 29.8 Å². The minimum Gasteiger partial charge on any atom is -0.497 e. The van der Waals surface area contributed by atoms with Crippen molar-refractivity contribution in [2.75, 3.05) is 24.4 Å². The highest BCUT2D eigenvalue weighted by Crippen LogP contribution is 2.34. The zero-order chi connectivity index (χ0) is 21.1. The molecule has 1 heterocycles. The van der Waals surface area contributed by atoms with Crippen molar-refractivity contribution in [3.05, 3.63) is 52.1 Å². The Labute approximate surface area is 167 Å². The monoisotopic (exact) mass is 399 g/mol. The highest BCUT2D eigenvalue weighted by atomic mass is 16.6. The molecule has 9 heteroatoms. The number of hydrogen-bond donors (Lipinski definition) is 1. The van der Waals surface area contributed by atoms with E-state index in [1.165, 1.54) is 32.4 Å². The van der Waals surface area contributed by atoms with E-state index in [2.05, 4.69) is 5.32 Å². The lowest BCUT2D eigenvalue weighted by Crippen LogP contribution is -2.30. The third kappa shape index (κ3) is 4.13. The van der Waals surface area contributed by atoms with Gasteiger partial charge in [-0.25, -0.2) is 0 Å². The summed E-state index contributed by atoms with van der Waals surface area (Å²) in [5.41, 5.74) is 1.05. The number of rotatable bonds is 7. The molecule has 0 radical (unpaired) electrons. The minimum atomic E-state index is -0.549. The first kappa shape index (κ1) is 20.1. The van der Waals surface area contributed by atoms with Crippen molar-refractivity contribution in [2.45, 2.75) is 19.9 Å². The number of imide groups is 1. The predicted molar refractivity (Wildman–Crippen MR) is 106 cm³/mol. The Hall–Kier alpha value is -3.62. The van der Waals surface area contributed by atoms with Crippen LogP contribution in [0.3, 0.4) is 0 Å². The number of benzene rings is 2. The molecule has 0 aromatic heterocycles. The molecule has 2 aromatic carbocycles. The molecule has 152 valence electrons. The second-order valence-electron chi connectivity index (χ2n) is 6.71. The van der Waals surface area contributed by atoms with E-state index in [-0.39, 0.29) is 41.8 Å². The molecular weight excluding hydrogens is 378 g/mol. The fraction of sp³-hybridized carbons (Fsp3) is 0.300. The van der Waals surface area contributed by atoms with Crippen LogP contribution < -0.4 is 19.7 Å². The maximum Gasteiger partial charge on any atom is 0.294 e. The predicted octanol–water partition coefficient (Wildman–Crippen LogP) is 3.12. The molecule has 0 unspecified atom stereocenters. The first-order chi connectivity index (χ1) is 13.8. The second-order valence-corrected chi connectivity index (χ2v) is 6.71. The number of anilines is 2. The van der Waals surface area contributed by atoms with E-state index >= 15 is 0 Å². The number of nitro groups is 1. The molecular formula is C20H21N3O6. The summed E-state index contributed by atoms with van der Waals surface area (Å²) >= 11 is 0. The number of carbonyl (C=O) groups excluding carboxylic acids is 2. The fourth-order valence-electron chi connectivity index (χ4n) is 3.18. The Bertz CT molecular complexity index is 952. The number of nitrogens with one attached hydrogen (secondary N) is 1. The van der Waals surface area contributed by atoms with Crippen molar-refractivity contribution >= 4 is 28.9 Å². The van der Waals surface area contributed by atoms with E-state index in [4.69, 9.17) is 9.47 Å². The topological polar surface area (TPSA) is 111 Å². The van der Waals surface area contributed by atoms with Crippen LogP contribution in [0.4, 0.5) is 17.1 Å². The van der Waals surface area contributed by atoms with E-state index in [1.54, 1.807) is 25.1 Å². The molecule has 3 rings (SSSR count). The van der Waals surface area contributed by atoms with Gasteiger partial charge in [0.2, 0.25) is 11.8 Å². The number of methoxy groups -OCH3 is 2. The Balaban J connectivity index is 1.86. The highest BCUT2D eigenvalue weighted by Gasteiger charge is 2.37. The summed E-state index contributed by atoms with van der Waals surface area (Å²) in [7, 11) is 3.08. The molecule has 1 aliphatic heterocycles. The zero-order valence-electron chi connectivity index (χ0n) is 16.3. The molecule has 0 spiro atoms. The first-order valence-corrected chi connectivity index (χ1v) is 8.95. The van der Waals surface area contributed by atoms with Crippen LogP contribution in [0.25, 0.3) is 0 Å². The Morgan fingerprint density at radius 2 is 1.79 bits per heavy atom. The molecule has 1 atom stereocenters. The molecule has 1 N–H and O–H groups in total. The van der Waals surface area contributed by atoms with Gasteiger partial charge in [0.15, 0.2) is 0 Å². The fourth-order valence-corrected chi connectivity index (χ4v) is 3.18. The van der Waals surface area contributed by atoms with Gasteiger partial charge in [-0.1, -0.05) is 6.92 Å².